The van der Waals surface area contributed by atoms with Crippen LogP contribution in [-0.4, -0.2) is 10.9 Å². The van der Waals surface area contributed by atoms with Crippen molar-refractivity contribution in [3.8, 4) is 0 Å². The van der Waals surface area contributed by atoms with E-state index in [0.717, 1.165) is 25.7 Å². The minimum absolute atomic E-state index is 0.0513. The molecule has 0 amide bonds. The molecule has 0 radical (unpaired) electrons. The van der Waals surface area contributed by atoms with Crippen LogP contribution >= 0.6 is 0 Å². The lowest BCUT2D eigenvalue weighted by Crippen LogP contribution is -1.95. The Morgan fingerprint density at radius 1 is 1.15 bits per heavy atom. The van der Waals surface area contributed by atoms with Crippen molar-refractivity contribution in [1.82, 2.24) is 0 Å². The van der Waals surface area contributed by atoms with E-state index in [4.69, 9.17) is 0 Å². The number of hydrogen-bond donors (Lipinski definition) is 1. The van der Waals surface area contributed by atoms with Gasteiger partial charge in [-0.15, -0.1) is 0 Å². The first-order valence-electron chi connectivity index (χ1n) is 5.13. The Hall–Kier alpha value is -0.790. The monoisotopic (exact) mass is 184 g/mol. The number of allylic oxidation sites excluding steroid dienone is 2. The van der Waals surface area contributed by atoms with Crippen LogP contribution in [0.15, 0.2) is 11.8 Å². The molecule has 13 heavy (non-hydrogen) atoms. The second-order valence-electron chi connectivity index (χ2n) is 3.31. The average Bonchev–Trinajstić information content (AvgIpc) is 2.11. The van der Waals surface area contributed by atoms with Crippen molar-refractivity contribution in [2.75, 3.05) is 0 Å². The largest absolute Gasteiger partial charge is 0.512 e. The summed E-state index contributed by atoms with van der Waals surface area (Å²) in [5, 5.41) is 9.29. The summed E-state index contributed by atoms with van der Waals surface area (Å²) in [4.78, 5) is 11.1. The third kappa shape index (κ3) is 7.57. The standard InChI is InChI=1S/C11H20O2/c1-3-5-7-10(12)9-11(13)8-6-4-2/h9,12H,3-8H2,1-2H3/b10-9-. The van der Waals surface area contributed by atoms with Gasteiger partial charge in [-0.05, 0) is 12.8 Å². The SMILES string of the molecule is CCCCC(=O)/C=C(\O)CCCC. The summed E-state index contributed by atoms with van der Waals surface area (Å²) in [7, 11) is 0. The number of aliphatic hydroxyl groups excluding tert-OH is 1. The highest BCUT2D eigenvalue weighted by Gasteiger charge is 1.99. The molecule has 0 aromatic rings. The van der Waals surface area contributed by atoms with E-state index in [0.29, 0.717) is 12.8 Å². The third-order valence-corrected chi connectivity index (χ3v) is 1.89. The molecule has 0 aliphatic heterocycles. The molecule has 0 unspecified atom stereocenters. The molecular weight excluding hydrogens is 164 g/mol. The van der Waals surface area contributed by atoms with Crippen molar-refractivity contribution in [1.29, 1.82) is 0 Å². The highest BCUT2D eigenvalue weighted by molar-refractivity contribution is 5.89. The fourth-order valence-corrected chi connectivity index (χ4v) is 1.04. The van der Waals surface area contributed by atoms with E-state index in [2.05, 4.69) is 6.92 Å². The van der Waals surface area contributed by atoms with Gasteiger partial charge >= 0.3 is 0 Å². The molecule has 76 valence electrons. The smallest absolute Gasteiger partial charge is 0.159 e. The van der Waals surface area contributed by atoms with E-state index in [9.17, 15) is 9.90 Å². The zero-order valence-corrected chi connectivity index (χ0v) is 8.68. The lowest BCUT2D eigenvalue weighted by Gasteiger charge is -1.97. The molecule has 0 aliphatic rings. The van der Waals surface area contributed by atoms with Gasteiger partial charge in [-0.1, -0.05) is 26.7 Å². The summed E-state index contributed by atoms with van der Waals surface area (Å²) in [5.74, 6) is 0.290. The number of carbonyl (C=O) groups excluding carboxylic acids is 1. The Labute approximate surface area is 80.7 Å². The number of hydrogen-bond acceptors (Lipinski definition) is 2. The molecule has 1 N–H and O–H groups in total. The lowest BCUT2D eigenvalue weighted by atomic mass is 10.1. The van der Waals surface area contributed by atoms with Crippen LogP contribution in [0.4, 0.5) is 0 Å². The first kappa shape index (κ1) is 12.2. The van der Waals surface area contributed by atoms with Crippen molar-refractivity contribution in [2.45, 2.75) is 52.4 Å². The summed E-state index contributed by atoms with van der Waals surface area (Å²) in [5.41, 5.74) is 0. The molecule has 0 bridgehead atoms. The molecule has 0 heterocycles. The predicted octanol–water partition coefficient (Wildman–Crippen LogP) is 3.38. The molecule has 0 saturated carbocycles. The Balaban J connectivity index is 3.70. The average molecular weight is 184 g/mol. The van der Waals surface area contributed by atoms with E-state index >= 15 is 0 Å². The molecule has 0 saturated heterocycles. The highest BCUT2D eigenvalue weighted by Crippen LogP contribution is 2.05. The molecule has 2 nitrogen and oxygen atoms in total. The zero-order chi connectivity index (χ0) is 10.1. The van der Waals surface area contributed by atoms with Crippen molar-refractivity contribution in [2.24, 2.45) is 0 Å². The first-order chi connectivity index (χ1) is 6.20. The number of ketones is 1. The Bertz CT molecular complexity index is 171. The normalized spacial score (nSPS) is 11.7. The van der Waals surface area contributed by atoms with Gasteiger partial charge in [0.15, 0.2) is 5.78 Å². The summed E-state index contributed by atoms with van der Waals surface area (Å²) < 4.78 is 0. The molecule has 0 spiro atoms. The summed E-state index contributed by atoms with van der Waals surface area (Å²) in [6, 6.07) is 0. The summed E-state index contributed by atoms with van der Waals surface area (Å²) >= 11 is 0. The lowest BCUT2D eigenvalue weighted by molar-refractivity contribution is -0.114. The van der Waals surface area contributed by atoms with Gasteiger partial charge in [-0.3, -0.25) is 4.79 Å². The van der Waals surface area contributed by atoms with E-state index in [-0.39, 0.29) is 11.5 Å². The number of unbranched alkanes of at least 4 members (excludes halogenated alkanes) is 2. The third-order valence-electron chi connectivity index (χ3n) is 1.89. The van der Waals surface area contributed by atoms with Gasteiger partial charge < -0.3 is 5.11 Å². The molecule has 0 rings (SSSR count). The Morgan fingerprint density at radius 3 is 2.23 bits per heavy atom. The van der Waals surface area contributed by atoms with E-state index in [1.54, 1.807) is 0 Å². The minimum Gasteiger partial charge on any atom is -0.512 e. The Kier molecular flexibility index (Phi) is 7.36. The van der Waals surface area contributed by atoms with Crippen LogP contribution in [0.5, 0.6) is 0 Å². The van der Waals surface area contributed by atoms with Crippen LogP contribution in [0.2, 0.25) is 0 Å². The first-order valence-corrected chi connectivity index (χ1v) is 5.13. The van der Waals surface area contributed by atoms with Crippen molar-refractivity contribution < 1.29 is 9.90 Å². The molecule has 0 aliphatic carbocycles. The molecule has 0 aromatic heterocycles. The van der Waals surface area contributed by atoms with Gasteiger partial charge in [0.25, 0.3) is 0 Å². The van der Waals surface area contributed by atoms with Crippen LogP contribution < -0.4 is 0 Å². The highest BCUT2D eigenvalue weighted by atomic mass is 16.3. The summed E-state index contributed by atoms with van der Waals surface area (Å²) in [6.07, 6.45) is 6.50. The molecule has 2 heteroatoms. The predicted molar refractivity (Wildman–Crippen MR) is 54.8 cm³/mol. The number of rotatable bonds is 7. The fraction of sp³-hybridized carbons (Fsp3) is 0.727. The number of aliphatic hydroxyl groups is 1. The topological polar surface area (TPSA) is 37.3 Å². The zero-order valence-electron chi connectivity index (χ0n) is 8.68. The number of carbonyl (C=O) groups is 1. The van der Waals surface area contributed by atoms with E-state index < -0.39 is 0 Å². The minimum atomic E-state index is 0.0513. The molecule has 0 atom stereocenters. The van der Waals surface area contributed by atoms with Crippen molar-refractivity contribution in [3.63, 3.8) is 0 Å². The van der Waals surface area contributed by atoms with Crippen LogP contribution in [-0.2, 0) is 4.79 Å². The summed E-state index contributed by atoms with van der Waals surface area (Å²) in [6.45, 7) is 4.11. The van der Waals surface area contributed by atoms with Gasteiger partial charge in [-0.2, -0.15) is 0 Å². The second kappa shape index (κ2) is 7.84. The van der Waals surface area contributed by atoms with E-state index in [1.807, 2.05) is 6.92 Å². The van der Waals surface area contributed by atoms with Gasteiger partial charge in [0.05, 0.1) is 5.76 Å². The van der Waals surface area contributed by atoms with Gasteiger partial charge in [0.2, 0.25) is 0 Å². The van der Waals surface area contributed by atoms with Crippen LogP contribution in [0.3, 0.4) is 0 Å². The van der Waals surface area contributed by atoms with Gasteiger partial charge in [-0.25, -0.2) is 0 Å². The van der Waals surface area contributed by atoms with Crippen molar-refractivity contribution >= 4 is 5.78 Å². The maximum Gasteiger partial charge on any atom is 0.159 e. The quantitative estimate of drug-likeness (QED) is 0.486. The second-order valence-corrected chi connectivity index (χ2v) is 3.31. The van der Waals surface area contributed by atoms with Gasteiger partial charge in [0.1, 0.15) is 0 Å². The van der Waals surface area contributed by atoms with Crippen LogP contribution in [0.25, 0.3) is 0 Å². The molecular formula is C11H20O2. The maximum absolute atomic E-state index is 11.1. The van der Waals surface area contributed by atoms with Crippen molar-refractivity contribution in [3.05, 3.63) is 11.8 Å². The fourth-order valence-electron chi connectivity index (χ4n) is 1.04. The maximum atomic E-state index is 11.1. The van der Waals surface area contributed by atoms with Gasteiger partial charge in [0, 0.05) is 18.9 Å². The van der Waals surface area contributed by atoms with Crippen LogP contribution in [0.1, 0.15) is 52.4 Å². The van der Waals surface area contributed by atoms with Crippen LogP contribution in [0, 0.1) is 0 Å². The Morgan fingerprint density at radius 2 is 1.69 bits per heavy atom. The molecule has 0 fully saturated rings. The molecule has 0 aromatic carbocycles. The van der Waals surface area contributed by atoms with E-state index in [1.165, 1.54) is 6.08 Å².